The molecule has 0 aliphatic carbocycles. The minimum absolute atomic E-state index is 0.256. The quantitative estimate of drug-likeness (QED) is 0.387. The van der Waals surface area contributed by atoms with Crippen LogP contribution in [-0.2, 0) is 0 Å². The van der Waals surface area contributed by atoms with Crippen LogP contribution in [0.5, 0.6) is 0 Å². The van der Waals surface area contributed by atoms with Crippen molar-refractivity contribution in [1.82, 2.24) is 0 Å². The molecule has 0 fully saturated rings. The molecule has 0 spiro atoms. The molecule has 5 heteroatoms. The van der Waals surface area contributed by atoms with Crippen molar-refractivity contribution in [3.05, 3.63) is 0 Å². The largest absolute Gasteiger partial charge is 0.0999 e. The van der Waals surface area contributed by atoms with Crippen LogP contribution in [0.2, 0.25) is 6.55 Å². The molecular formula is C2H4Si5. The van der Waals surface area contributed by atoms with Crippen LogP contribution < -0.4 is 0 Å². The summed E-state index contributed by atoms with van der Waals surface area (Å²) in [6, 6.07) is 0. The van der Waals surface area contributed by atoms with E-state index in [0.29, 0.717) is 0 Å². The molecule has 0 bridgehead atoms. The molecule has 0 aromatic carbocycles. The van der Waals surface area contributed by atoms with Gasteiger partial charge in [0.15, 0.2) is 0 Å². The lowest BCUT2D eigenvalue weighted by atomic mass is 11.9. The van der Waals surface area contributed by atoms with Gasteiger partial charge in [-0.1, -0.05) is 11.8 Å². The van der Waals surface area contributed by atoms with Crippen molar-refractivity contribution in [2.75, 3.05) is 0 Å². The normalized spacial score (nSPS) is 17.0. The Bertz CT molecular complexity index is 142. The first-order valence-electron chi connectivity index (χ1n) is 2.08. The molecule has 0 saturated heterocycles. The van der Waals surface area contributed by atoms with E-state index in [1.54, 1.807) is 0 Å². The maximum Gasteiger partial charge on any atom is 0.0190 e. The Hall–Kier alpha value is 0.954. The van der Waals surface area contributed by atoms with E-state index >= 15 is 0 Å². The third-order valence-corrected chi connectivity index (χ3v) is 24.7. The Morgan fingerprint density at radius 3 is 2.71 bits per heavy atom. The fourth-order valence-corrected chi connectivity index (χ4v) is 26.1. The minimum Gasteiger partial charge on any atom is -0.0999 e. The maximum atomic E-state index is 2.51. The highest BCUT2D eigenvalue weighted by Crippen LogP contribution is 1.54. The minimum atomic E-state index is 0.256. The van der Waals surface area contributed by atoms with Gasteiger partial charge in [0, 0.05) is 33.5 Å². The summed E-state index contributed by atoms with van der Waals surface area (Å²) in [5.41, 5.74) is 0. The second kappa shape index (κ2) is 3.08. The van der Waals surface area contributed by atoms with Crippen LogP contribution in [0.15, 0.2) is 0 Å². The Kier molecular flexibility index (Phi) is 2.67. The zero-order valence-corrected chi connectivity index (χ0v) is 9.08. The first-order valence-corrected chi connectivity index (χ1v) is 12.2. The molecular weight excluding hydrogens is 164 g/mol. The molecule has 0 unspecified atom stereocenters. The van der Waals surface area contributed by atoms with Gasteiger partial charge in [0.25, 0.3) is 0 Å². The van der Waals surface area contributed by atoms with E-state index in [2.05, 4.69) is 11.8 Å². The Morgan fingerprint density at radius 2 is 2.43 bits per heavy atom. The van der Waals surface area contributed by atoms with Gasteiger partial charge in [-0.05, 0) is 7.41 Å². The van der Waals surface area contributed by atoms with Crippen LogP contribution in [0.25, 0.3) is 0 Å². The molecule has 0 nitrogen and oxygen atoms in total. The molecule has 1 rings (SSSR count). The van der Waals surface area contributed by atoms with E-state index in [4.69, 9.17) is 0 Å². The monoisotopic (exact) mass is 168 g/mol. The molecule has 0 amide bonds. The summed E-state index contributed by atoms with van der Waals surface area (Å²) in [6.07, 6.45) is 0. The van der Waals surface area contributed by atoms with Gasteiger partial charge in [-0.3, -0.25) is 0 Å². The molecule has 7 heavy (non-hydrogen) atoms. The van der Waals surface area contributed by atoms with Crippen molar-refractivity contribution >= 4 is 46.2 Å². The highest BCUT2D eigenvalue weighted by Gasteiger charge is 1.83. The Morgan fingerprint density at radius 1 is 1.57 bits per heavy atom. The SMILES string of the molecule is C[Si]1=[Si][Si]=C[Si]=[Si]1. The lowest BCUT2D eigenvalue weighted by Gasteiger charge is -1.84. The average molecular weight is 168 g/mol. The predicted octanol–water partition coefficient (Wildman–Crippen LogP) is -1.48. The van der Waals surface area contributed by atoms with Crippen molar-refractivity contribution in [2.45, 2.75) is 6.55 Å². The highest BCUT2D eigenvalue weighted by atomic mass is 29.6. The zero-order chi connectivity index (χ0) is 5.11. The van der Waals surface area contributed by atoms with Crippen LogP contribution >= 0.6 is 0 Å². The third kappa shape index (κ3) is 2.13. The summed E-state index contributed by atoms with van der Waals surface area (Å²) < 4.78 is 0. The summed E-state index contributed by atoms with van der Waals surface area (Å²) in [5, 5.41) is 2.51. The van der Waals surface area contributed by atoms with Gasteiger partial charge >= 0.3 is 0 Å². The maximum absolute atomic E-state index is 2.51. The molecule has 32 valence electrons. The van der Waals surface area contributed by atoms with Crippen LogP contribution in [0.4, 0.5) is 0 Å². The summed E-state index contributed by atoms with van der Waals surface area (Å²) >= 11 is 0. The van der Waals surface area contributed by atoms with Gasteiger partial charge in [0.1, 0.15) is 0 Å². The van der Waals surface area contributed by atoms with Gasteiger partial charge in [0.2, 0.25) is 0 Å². The number of hydrogen-bond acceptors (Lipinski definition) is 0. The Labute approximate surface area is 53.1 Å². The average Bonchev–Trinajstić information content (AvgIpc) is 1.69. The second-order valence-electron chi connectivity index (χ2n) is 1.31. The highest BCUT2D eigenvalue weighted by molar-refractivity contribution is 7.43. The molecule has 4 radical (unpaired) electrons. The van der Waals surface area contributed by atoms with Crippen LogP contribution in [0.1, 0.15) is 0 Å². The van der Waals surface area contributed by atoms with Gasteiger partial charge in [-0.2, -0.15) is 0 Å². The predicted molar refractivity (Wildman–Crippen MR) is 40.7 cm³/mol. The molecule has 0 saturated carbocycles. The fourth-order valence-electron chi connectivity index (χ4n) is 0.356. The van der Waals surface area contributed by atoms with Gasteiger partial charge < -0.3 is 0 Å². The lowest BCUT2D eigenvalue weighted by Crippen LogP contribution is -2.17. The summed E-state index contributed by atoms with van der Waals surface area (Å²) in [4.78, 5) is 0. The molecule has 0 aromatic rings. The van der Waals surface area contributed by atoms with Crippen molar-refractivity contribution in [1.29, 1.82) is 0 Å². The van der Waals surface area contributed by atoms with Crippen LogP contribution in [0.3, 0.4) is 0 Å². The van der Waals surface area contributed by atoms with E-state index < -0.39 is 0 Å². The first kappa shape index (κ1) is 6.08. The van der Waals surface area contributed by atoms with E-state index in [-0.39, 0.29) is 7.41 Å². The number of hydrogen-bond donors (Lipinski definition) is 0. The van der Waals surface area contributed by atoms with Gasteiger partial charge in [0.05, 0.1) is 0 Å². The van der Waals surface area contributed by atoms with Crippen molar-refractivity contribution in [3.8, 4) is 0 Å². The molecule has 0 aromatic heterocycles. The van der Waals surface area contributed by atoms with E-state index in [1.807, 2.05) is 0 Å². The first-order chi connectivity index (χ1) is 3.39. The van der Waals surface area contributed by atoms with E-state index in [9.17, 15) is 0 Å². The second-order valence-corrected chi connectivity index (χ2v) is 18.5. The Balaban J connectivity index is 2.82. The lowest BCUT2D eigenvalue weighted by molar-refractivity contribution is 2.35. The topological polar surface area (TPSA) is 0 Å². The molecule has 1 aliphatic heterocycles. The van der Waals surface area contributed by atoms with E-state index in [1.165, 1.54) is 33.5 Å². The summed E-state index contributed by atoms with van der Waals surface area (Å²) in [6.45, 7) is 2.48. The molecule has 1 heterocycles. The third-order valence-electron chi connectivity index (χ3n) is 0.664. The molecule has 0 atom stereocenters. The van der Waals surface area contributed by atoms with Crippen molar-refractivity contribution < 1.29 is 0 Å². The van der Waals surface area contributed by atoms with Gasteiger partial charge in [-0.25, -0.2) is 0 Å². The van der Waals surface area contributed by atoms with Crippen LogP contribution in [-0.4, -0.2) is 46.2 Å². The van der Waals surface area contributed by atoms with E-state index in [0.717, 1.165) is 0 Å². The summed E-state index contributed by atoms with van der Waals surface area (Å²) in [7, 11) is 5.49. The standard InChI is InChI=1S/C2H4Si5/c1-7-5-3-2-4-6-7/h2H,1H3. The smallest absolute Gasteiger partial charge is 0.0190 e. The van der Waals surface area contributed by atoms with Crippen LogP contribution in [0, 0.1) is 0 Å². The summed E-state index contributed by atoms with van der Waals surface area (Å²) in [5.74, 6) is 0. The van der Waals surface area contributed by atoms with Gasteiger partial charge in [-0.15, -0.1) is 0 Å². The zero-order valence-electron chi connectivity index (χ0n) is 4.08. The molecule has 0 N–H and O–H groups in total. The van der Waals surface area contributed by atoms with Crippen molar-refractivity contribution in [3.63, 3.8) is 0 Å². The fraction of sp³-hybridized carbons (Fsp3) is 0.500. The van der Waals surface area contributed by atoms with Crippen molar-refractivity contribution in [2.24, 2.45) is 0 Å². The number of rotatable bonds is 0. The molecule has 1 aliphatic rings.